The monoisotopic (exact) mass is 286 g/mol. The average Bonchev–Trinajstić information content (AvgIpc) is 2.19. The molecule has 0 bridgehead atoms. The molecule has 0 saturated heterocycles. The SMILES string of the molecule is Cc1ccc([N+](=O)[O-])c([C@@H](N)C(F)(F)F)c1O.Cl. The number of hydrogen-bond donors (Lipinski definition) is 2. The molecule has 0 aromatic heterocycles. The molecule has 0 spiro atoms. The minimum absolute atomic E-state index is 0. The Labute approximate surface area is 106 Å². The maximum Gasteiger partial charge on any atom is 0.408 e. The predicted molar refractivity (Wildman–Crippen MR) is 59.7 cm³/mol. The second-order valence-electron chi connectivity index (χ2n) is 3.44. The van der Waals surface area contributed by atoms with Crippen molar-refractivity contribution in [2.45, 2.75) is 19.1 Å². The Hall–Kier alpha value is -1.54. The molecule has 5 nitrogen and oxygen atoms in total. The molecule has 0 aliphatic heterocycles. The van der Waals surface area contributed by atoms with Gasteiger partial charge in [-0.1, -0.05) is 0 Å². The van der Waals surface area contributed by atoms with Crippen LogP contribution in [0.15, 0.2) is 12.1 Å². The summed E-state index contributed by atoms with van der Waals surface area (Å²) in [6.07, 6.45) is -4.87. The number of aryl methyl sites for hydroxylation is 1. The number of nitro benzene ring substituents is 1. The second kappa shape index (κ2) is 5.40. The van der Waals surface area contributed by atoms with Crippen molar-refractivity contribution in [3.8, 4) is 5.75 Å². The highest BCUT2D eigenvalue weighted by Gasteiger charge is 2.43. The summed E-state index contributed by atoms with van der Waals surface area (Å²) >= 11 is 0. The van der Waals surface area contributed by atoms with E-state index in [2.05, 4.69) is 0 Å². The summed E-state index contributed by atoms with van der Waals surface area (Å²) in [7, 11) is 0. The van der Waals surface area contributed by atoms with Crippen molar-refractivity contribution >= 4 is 18.1 Å². The van der Waals surface area contributed by atoms with Crippen molar-refractivity contribution in [2.24, 2.45) is 5.73 Å². The number of aromatic hydroxyl groups is 1. The second-order valence-corrected chi connectivity index (χ2v) is 3.44. The lowest BCUT2D eigenvalue weighted by Gasteiger charge is -2.17. The Bertz CT molecular complexity index is 465. The van der Waals surface area contributed by atoms with Gasteiger partial charge in [-0.15, -0.1) is 12.4 Å². The van der Waals surface area contributed by atoms with E-state index in [-0.39, 0.29) is 18.0 Å². The third-order valence-electron chi connectivity index (χ3n) is 2.26. The number of benzene rings is 1. The van der Waals surface area contributed by atoms with Gasteiger partial charge in [-0.2, -0.15) is 13.2 Å². The van der Waals surface area contributed by atoms with Gasteiger partial charge in [0.2, 0.25) is 0 Å². The van der Waals surface area contributed by atoms with Gasteiger partial charge in [0.25, 0.3) is 5.69 Å². The zero-order valence-corrected chi connectivity index (χ0v) is 9.88. The number of nitrogens with zero attached hydrogens (tertiary/aromatic N) is 1. The lowest BCUT2D eigenvalue weighted by atomic mass is 10.0. The fourth-order valence-corrected chi connectivity index (χ4v) is 1.34. The van der Waals surface area contributed by atoms with Gasteiger partial charge in [-0.25, -0.2) is 0 Å². The molecular formula is C9H10ClF3N2O3. The first-order chi connectivity index (χ1) is 7.66. The quantitative estimate of drug-likeness (QED) is 0.646. The third kappa shape index (κ3) is 3.02. The van der Waals surface area contributed by atoms with Gasteiger partial charge in [0.15, 0.2) is 0 Å². The molecule has 0 saturated carbocycles. The minimum Gasteiger partial charge on any atom is -0.507 e. The molecule has 0 radical (unpaired) electrons. The van der Waals surface area contributed by atoms with E-state index in [1.165, 1.54) is 6.92 Å². The van der Waals surface area contributed by atoms with Crippen LogP contribution in [0.3, 0.4) is 0 Å². The molecule has 0 aliphatic carbocycles. The maximum atomic E-state index is 12.4. The Morgan fingerprint density at radius 2 is 1.94 bits per heavy atom. The van der Waals surface area contributed by atoms with E-state index in [1.807, 2.05) is 0 Å². The topological polar surface area (TPSA) is 89.4 Å². The Kier molecular flexibility index (Phi) is 4.94. The zero-order valence-electron chi connectivity index (χ0n) is 9.06. The van der Waals surface area contributed by atoms with Crippen LogP contribution >= 0.6 is 12.4 Å². The first-order valence-corrected chi connectivity index (χ1v) is 4.45. The van der Waals surface area contributed by atoms with Gasteiger partial charge in [-0.3, -0.25) is 10.1 Å². The maximum absolute atomic E-state index is 12.4. The number of alkyl halides is 3. The Balaban J connectivity index is 0.00000289. The number of rotatable bonds is 2. The summed E-state index contributed by atoms with van der Waals surface area (Å²) in [5.41, 5.74) is 3.22. The van der Waals surface area contributed by atoms with E-state index >= 15 is 0 Å². The number of halogens is 4. The van der Waals surface area contributed by atoms with E-state index in [0.717, 1.165) is 12.1 Å². The van der Waals surface area contributed by atoms with Crippen LogP contribution in [0, 0.1) is 17.0 Å². The summed E-state index contributed by atoms with van der Waals surface area (Å²) < 4.78 is 37.3. The van der Waals surface area contributed by atoms with E-state index in [9.17, 15) is 28.4 Å². The molecular weight excluding hydrogens is 277 g/mol. The van der Waals surface area contributed by atoms with Crippen molar-refractivity contribution in [3.05, 3.63) is 33.4 Å². The number of hydrogen-bond acceptors (Lipinski definition) is 4. The van der Waals surface area contributed by atoms with E-state index in [1.54, 1.807) is 0 Å². The van der Waals surface area contributed by atoms with Crippen LogP contribution in [-0.2, 0) is 0 Å². The first kappa shape index (κ1) is 16.5. The fourth-order valence-electron chi connectivity index (χ4n) is 1.34. The lowest BCUT2D eigenvalue weighted by molar-refractivity contribution is -0.386. The average molecular weight is 287 g/mol. The molecule has 1 rings (SSSR count). The largest absolute Gasteiger partial charge is 0.507 e. The van der Waals surface area contributed by atoms with Gasteiger partial charge >= 0.3 is 6.18 Å². The Morgan fingerprint density at radius 3 is 2.33 bits per heavy atom. The number of nitrogens with two attached hydrogens (primary N) is 1. The number of phenols is 1. The van der Waals surface area contributed by atoms with Crippen LogP contribution in [-0.4, -0.2) is 16.2 Å². The molecule has 1 aromatic carbocycles. The molecule has 18 heavy (non-hydrogen) atoms. The molecule has 1 aromatic rings. The van der Waals surface area contributed by atoms with Crippen molar-refractivity contribution in [2.75, 3.05) is 0 Å². The summed E-state index contributed by atoms with van der Waals surface area (Å²) in [6, 6.07) is -0.557. The molecule has 1 atom stereocenters. The number of phenolic OH excluding ortho intramolecular Hbond substituents is 1. The van der Waals surface area contributed by atoms with Crippen molar-refractivity contribution in [3.63, 3.8) is 0 Å². The van der Waals surface area contributed by atoms with Gasteiger partial charge in [-0.05, 0) is 18.6 Å². The van der Waals surface area contributed by atoms with Crippen LogP contribution in [0.5, 0.6) is 5.75 Å². The van der Waals surface area contributed by atoms with Crippen LogP contribution in [0.25, 0.3) is 0 Å². The number of nitro groups is 1. The van der Waals surface area contributed by atoms with E-state index in [0.29, 0.717) is 0 Å². The van der Waals surface area contributed by atoms with Crippen molar-refractivity contribution < 1.29 is 23.2 Å². The van der Waals surface area contributed by atoms with Crippen LogP contribution in [0.1, 0.15) is 17.2 Å². The van der Waals surface area contributed by atoms with Crippen molar-refractivity contribution in [1.29, 1.82) is 0 Å². The van der Waals surface area contributed by atoms with Gasteiger partial charge in [0.05, 0.1) is 10.5 Å². The molecule has 0 amide bonds. The highest BCUT2D eigenvalue weighted by molar-refractivity contribution is 5.85. The van der Waals surface area contributed by atoms with Crippen LogP contribution in [0.4, 0.5) is 18.9 Å². The van der Waals surface area contributed by atoms with E-state index in [4.69, 9.17) is 5.73 Å². The molecule has 102 valence electrons. The fraction of sp³-hybridized carbons (Fsp3) is 0.333. The standard InChI is InChI=1S/C9H9F3N2O3.ClH/c1-4-2-3-5(14(16)17)6(7(4)15)8(13)9(10,11)12;/h2-3,8,15H,13H2,1H3;1H/t8-;/m1./s1. The third-order valence-corrected chi connectivity index (χ3v) is 2.26. The first-order valence-electron chi connectivity index (χ1n) is 4.45. The molecule has 0 fully saturated rings. The molecule has 0 aliphatic rings. The summed E-state index contributed by atoms with van der Waals surface area (Å²) in [5.74, 6) is -0.802. The van der Waals surface area contributed by atoms with Gasteiger partial charge < -0.3 is 10.8 Å². The van der Waals surface area contributed by atoms with Crippen LogP contribution in [0.2, 0.25) is 0 Å². The highest BCUT2D eigenvalue weighted by atomic mass is 35.5. The normalized spacial score (nSPS) is 12.7. The highest BCUT2D eigenvalue weighted by Crippen LogP contribution is 2.41. The van der Waals surface area contributed by atoms with Crippen LogP contribution < -0.4 is 5.73 Å². The lowest BCUT2D eigenvalue weighted by Crippen LogP contribution is -2.29. The van der Waals surface area contributed by atoms with E-state index < -0.39 is 34.1 Å². The molecule has 0 unspecified atom stereocenters. The molecule has 9 heteroatoms. The minimum atomic E-state index is -4.87. The Morgan fingerprint density at radius 1 is 1.44 bits per heavy atom. The molecule has 3 N–H and O–H groups in total. The smallest absolute Gasteiger partial charge is 0.408 e. The summed E-state index contributed by atoms with van der Waals surface area (Å²) in [4.78, 5) is 9.57. The van der Waals surface area contributed by atoms with Crippen molar-refractivity contribution in [1.82, 2.24) is 0 Å². The van der Waals surface area contributed by atoms with Gasteiger partial charge in [0, 0.05) is 6.07 Å². The zero-order chi connectivity index (χ0) is 13.4. The molecule has 0 heterocycles. The van der Waals surface area contributed by atoms with Gasteiger partial charge in [0.1, 0.15) is 11.8 Å². The predicted octanol–water partition coefficient (Wildman–Crippen LogP) is 2.59. The summed E-state index contributed by atoms with van der Waals surface area (Å²) in [5, 5.41) is 20.1. The summed E-state index contributed by atoms with van der Waals surface area (Å²) in [6.45, 7) is 1.33.